The van der Waals surface area contributed by atoms with Gasteiger partial charge in [-0.2, -0.15) is 0 Å². The molecule has 1 N–H and O–H groups in total. The van der Waals surface area contributed by atoms with E-state index >= 15 is 0 Å². The summed E-state index contributed by atoms with van der Waals surface area (Å²) >= 11 is 1.46. The van der Waals surface area contributed by atoms with Gasteiger partial charge >= 0.3 is 12.0 Å². The van der Waals surface area contributed by atoms with E-state index in [9.17, 15) is 9.59 Å². The van der Waals surface area contributed by atoms with E-state index in [1.807, 2.05) is 11.4 Å². The summed E-state index contributed by atoms with van der Waals surface area (Å²) in [5, 5.41) is 10.5. The number of thiophene rings is 1. The monoisotopic (exact) mass is 310 g/mol. The van der Waals surface area contributed by atoms with Gasteiger partial charge in [0.05, 0.1) is 13.2 Å². The molecule has 1 aromatic rings. The molecule has 0 saturated carbocycles. The topological polar surface area (TPSA) is 70.1 Å². The SMILES string of the molecule is CN(Cc1csc(C=CC(=O)O)c1)C(=O)N1CCOCC1. The summed E-state index contributed by atoms with van der Waals surface area (Å²) in [7, 11) is 1.77. The summed E-state index contributed by atoms with van der Waals surface area (Å²) in [4.78, 5) is 27.0. The van der Waals surface area contributed by atoms with Crippen molar-refractivity contribution in [3.8, 4) is 0 Å². The van der Waals surface area contributed by atoms with Gasteiger partial charge in [-0.15, -0.1) is 11.3 Å². The number of hydrogen-bond acceptors (Lipinski definition) is 4. The summed E-state index contributed by atoms with van der Waals surface area (Å²) in [6, 6.07) is 1.89. The Balaban J connectivity index is 1.91. The number of ether oxygens (including phenoxy) is 1. The van der Waals surface area contributed by atoms with E-state index in [0.29, 0.717) is 32.8 Å². The minimum Gasteiger partial charge on any atom is -0.478 e. The lowest BCUT2D eigenvalue weighted by Gasteiger charge is -2.30. The molecule has 21 heavy (non-hydrogen) atoms. The molecule has 7 heteroatoms. The number of rotatable bonds is 4. The fourth-order valence-electron chi connectivity index (χ4n) is 2.06. The fourth-order valence-corrected chi connectivity index (χ4v) is 2.85. The number of carbonyl (C=O) groups is 2. The Labute approximate surface area is 127 Å². The highest BCUT2D eigenvalue weighted by atomic mass is 32.1. The third-order valence-electron chi connectivity index (χ3n) is 3.09. The molecule has 0 spiro atoms. The van der Waals surface area contributed by atoms with E-state index in [1.54, 1.807) is 22.9 Å². The predicted octanol–water partition coefficient (Wildman–Crippen LogP) is 1.73. The second-order valence-electron chi connectivity index (χ2n) is 4.77. The van der Waals surface area contributed by atoms with Crippen LogP contribution in [-0.4, -0.2) is 60.3 Å². The van der Waals surface area contributed by atoms with E-state index in [1.165, 1.54) is 11.3 Å². The number of carboxylic acid groups (broad SMARTS) is 1. The Morgan fingerprint density at radius 2 is 2.19 bits per heavy atom. The molecular weight excluding hydrogens is 292 g/mol. The summed E-state index contributed by atoms with van der Waals surface area (Å²) < 4.78 is 5.23. The predicted molar refractivity (Wildman–Crippen MR) is 80.2 cm³/mol. The molecule has 2 amide bonds. The van der Waals surface area contributed by atoms with Gasteiger partial charge < -0.3 is 19.6 Å². The van der Waals surface area contributed by atoms with Crippen molar-refractivity contribution in [3.05, 3.63) is 28.0 Å². The molecule has 2 rings (SSSR count). The first-order chi connectivity index (χ1) is 10.1. The number of nitrogens with zero attached hydrogens (tertiary/aromatic N) is 2. The van der Waals surface area contributed by atoms with E-state index in [0.717, 1.165) is 16.5 Å². The molecule has 0 bridgehead atoms. The number of aliphatic carboxylic acids is 1. The van der Waals surface area contributed by atoms with Crippen LogP contribution in [0.5, 0.6) is 0 Å². The largest absolute Gasteiger partial charge is 0.478 e. The Morgan fingerprint density at radius 3 is 2.86 bits per heavy atom. The maximum atomic E-state index is 12.2. The van der Waals surface area contributed by atoms with Gasteiger partial charge in [-0.05, 0) is 23.1 Å². The van der Waals surface area contributed by atoms with E-state index in [2.05, 4.69) is 0 Å². The first kappa shape index (κ1) is 15.5. The third-order valence-corrected chi connectivity index (χ3v) is 4.04. The molecule has 1 aromatic heterocycles. The average molecular weight is 310 g/mol. The van der Waals surface area contributed by atoms with Crippen LogP contribution in [-0.2, 0) is 16.1 Å². The second-order valence-corrected chi connectivity index (χ2v) is 5.71. The van der Waals surface area contributed by atoms with Gasteiger partial charge in [-0.1, -0.05) is 0 Å². The molecule has 0 unspecified atom stereocenters. The van der Waals surface area contributed by atoms with Gasteiger partial charge in [0.2, 0.25) is 0 Å². The Hall–Kier alpha value is -1.86. The highest BCUT2D eigenvalue weighted by molar-refractivity contribution is 7.11. The van der Waals surface area contributed by atoms with Crippen LogP contribution in [0.1, 0.15) is 10.4 Å². The third kappa shape index (κ3) is 4.57. The number of carboxylic acids is 1. The Kier molecular flexibility index (Phi) is 5.35. The Bertz CT molecular complexity index is 535. The van der Waals surface area contributed by atoms with Crippen molar-refractivity contribution < 1.29 is 19.4 Å². The molecule has 0 radical (unpaired) electrons. The van der Waals surface area contributed by atoms with Crippen LogP contribution in [0.25, 0.3) is 6.08 Å². The van der Waals surface area contributed by atoms with Crippen molar-refractivity contribution in [1.82, 2.24) is 9.80 Å². The number of hydrogen-bond donors (Lipinski definition) is 1. The second kappa shape index (κ2) is 7.24. The number of urea groups is 1. The van der Waals surface area contributed by atoms with E-state index in [-0.39, 0.29) is 6.03 Å². The quantitative estimate of drug-likeness (QED) is 0.860. The van der Waals surface area contributed by atoms with Crippen LogP contribution >= 0.6 is 11.3 Å². The molecule has 0 atom stereocenters. The summed E-state index contributed by atoms with van der Waals surface area (Å²) in [5.41, 5.74) is 0.995. The smallest absolute Gasteiger partial charge is 0.328 e. The molecular formula is C14H18N2O4S. The van der Waals surface area contributed by atoms with Crippen molar-refractivity contribution in [2.75, 3.05) is 33.4 Å². The number of carbonyl (C=O) groups excluding carboxylic acids is 1. The van der Waals surface area contributed by atoms with Gasteiger partial charge in [0.15, 0.2) is 0 Å². The molecule has 1 aliphatic heterocycles. The van der Waals surface area contributed by atoms with Crippen molar-refractivity contribution in [2.24, 2.45) is 0 Å². The zero-order valence-corrected chi connectivity index (χ0v) is 12.6. The molecule has 0 aliphatic carbocycles. The molecule has 0 aromatic carbocycles. The van der Waals surface area contributed by atoms with Gasteiger partial charge in [0, 0.05) is 37.6 Å². The lowest BCUT2D eigenvalue weighted by molar-refractivity contribution is -0.131. The minimum atomic E-state index is -0.968. The van der Waals surface area contributed by atoms with Crippen LogP contribution in [0.4, 0.5) is 4.79 Å². The maximum absolute atomic E-state index is 12.2. The average Bonchev–Trinajstić information content (AvgIpc) is 2.92. The van der Waals surface area contributed by atoms with Crippen molar-refractivity contribution in [3.63, 3.8) is 0 Å². The number of amides is 2. The first-order valence-corrected chi connectivity index (χ1v) is 7.50. The van der Waals surface area contributed by atoms with Crippen molar-refractivity contribution in [1.29, 1.82) is 0 Å². The van der Waals surface area contributed by atoms with Gasteiger partial charge in [-0.25, -0.2) is 9.59 Å². The zero-order chi connectivity index (χ0) is 15.2. The lowest BCUT2D eigenvalue weighted by atomic mass is 10.3. The standard InChI is InChI=1S/C14H18N2O4S/c1-15(14(19)16-4-6-20-7-5-16)9-11-8-12(21-10-11)2-3-13(17)18/h2-3,8,10H,4-7,9H2,1H3,(H,17,18). The van der Waals surface area contributed by atoms with Crippen LogP contribution in [0, 0.1) is 0 Å². The highest BCUT2D eigenvalue weighted by Crippen LogP contribution is 2.18. The normalized spacial score (nSPS) is 15.4. The van der Waals surface area contributed by atoms with Gasteiger partial charge in [-0.3, -0.25) is 0 Å². The summed E-state index contributed by atoms with van der Waals surface area (Å²) in [6.45, 7) is 2.93. The molecule has 1 fully saturated rings. The fraction of sp³-hybridized carbons (Fsp3) is 0.429. The summed E-state index contributed by atoms with van der Waals surface area (Å²) in [5.74, 6) is -0.968. The van der Waals surface area contributed by atoms with Crippen LogP contribution in [0.15, 0.2) is 17.5 Å². The molecule has 1 saturated heterocycles. The van der Waals surface area contributed by atoms with E-state index < -0.39 is 5.97 Å². The van der Waals surface area contributed by atoms with Crippen molar-refractivity contribution in [2.45, 2.75) is 6.54 Å². The molecule has 6 nitrogen and oxygen atoms in total. The highest BCUT2D eigenvalue weighted by Gasteiger charge is 2.20. The molecule has 114 valence electrons. The minimum absolute atomic E-state index is 0.00729. The van der Waals surface area contributed by atoms with Crippen molar-refractivity contribution >= 4 is 29.4 Å². The van der Waals surface area contributed by atoms with Crippen LogP contribution < -0.4 is 0 Å². The lowest BCUT2D eigenvalue weighted by Crippen LogP contribution is -2.46. The van der Waals surface area contributed by atoms with E-state index in [4.69, 9.17) is 9.84 Å². The summed E-state index contributed by atoms with van der Waals surface area (Å²) in [6.07, 6.45) is 2.67. The molecule has 1 aliphatic rings. The maximum Gasteiger partial charge on any atom is 0.328 e. The van der Waals surface area contributed by atoms with Crippen LogP contribution in [0.2, 0.25) is 0 Å². The van der Waals surface area contributed by atoms with Gasteiger partial charge in [0.25, 0.3) is 0 Å². The Morgan fingerprint density at radius 1 is 1.48 bits per heavy atom. The molecule has 2 heterocycles. The number of morpholine rings is 1. The van der Waals surface area contributed by atoms with Gasteiger partial charge in [0.1, 0.15) is 0 Å². The zero-order valence-electron chi connectivity index (χ0n) is 11.8. The first-order valence-electron chi connectivity index (χ1n) is 6.62. The van der Waals surface area contributed by atoms with Crippen LogP contribution in [0.3, 0.4) is 0 Å².